The van der Waals surface area contributed by atoms with Gasteiger partial charge in [-0.3, -0.25) is 14.2 Å². The Labute approximate surface area is 476 Å². The average Bonchev–Trinajstić information content (AvgIpc) is 3.41. The number of phosphoric ester groups is 1. The highest BCUT2D eigenvalue weighted by Crippen LogP contribution is 2.38. The summed E-state index contributed by atoms with van der Waals surface area (Å²) in [5.41, 5.74) is 0. The largest absolute Gasteiger partial charge is 0.756 e. The van der Waals surface area contributed by atoms with Gasteiger partial charge in [-0.1, -0.05) is 215 Å². The predicted octanol–water partition coefficient (Wildman–Crippen LogP) is 18.2. The van der Waals surface area contributed by atoms with Crippen molar-refractivity contribution in [3.8, 4) is 0 Å². The summed E-state index contributed by atoms with van der Waals surface area (Å²) >= 11 is 0. The number of phosphoric acid groups is 1. The van der Waals surface area contributed by atoms with Crippen molar-refractivity contribution in [1.82, 2.24) is 0 Å². The van der Waals surface area contributed by atoms with E-state index in [1.165, 1.54) is 0 Å². The fraction of sp³-hybridized carbons (Fsp3) is 0.529. The van der Waals surface area contributed by atoms with E-state index >= 15 is 0 Å². The van der Waals surface area contributed by atoms with Crippen LogP contribution in [-0.4, -0.2) is 70.0 Å². The third-order valence-corrected chi connectivity index (χ3v) is 12.4. The molecule has 0 spiro atoms. The van der Waals surface area contributed by atoms with Crippen LogP contribution < -0.4 is 4.89 Å². The monoisotopic (exact) mass is 1100 g/mol. The van der Waals surface area contributed by atoms with E-state index in [9.17, 15) is 19.0 Å². The van der Waals surface area contributed by atoms with Crippen molar-refractivity contribution in [2.24, 2.45) is 0 Å². The van der Waals surface area contributed by atoms with Gasteiger partial charge in [0, 0.05) is 12.8 Å². The van der Waals surface area contributed by atoms with E-state index < -0.39 is 32.5 Å². The number of quaternary nitrogens is 1. The van der Waals surface area contributed by atoms with Crippen molar-refractivity contribution in [2.75, 3.05) is 47.5 Å². The van der Waals surface area contributed by atoms with Gasteiger partial charge in [-0.25, -0.2) is 0 Å². The summed E-state index contributed by atoms with van der Waals surface area (Å²) in [6, 6.07) is 0. The van der Waals surface area contributed by atoms with Crippen LogP contribution in [0.1, 0.15) is 181 Å². The molecule has 0 aliphatic rings. The zero-order valence-corrected chi connectivity index (χ0v) is 50.2. The van der Waals surface area contributed by atoms with Crippen molar-refractivity contribution >= 4 is 19.8 Å². The number of carbonyl (C=O) groups excluding carboxylic acids is 2. The number of carbonyl (C=O) groups is 2. The van der Waals surface area contributed by atoms with Crippen LogP contribution >= 0.6 is 7.82 Å². The van der Waals surface area contributed by atoms with E-state index in [1.54, 1.807) is 0 Å². The van der Waals surface area contributed by atoms with E-state index in [0.29, 0.717) is 23.9 Å². The molecular formula is C68H106NO8P. The summed E-state index contributed by atoms with van der Waals surface area (Å²) in [6.07, 6.45) is 88.0. The van der Waals surface area contributed by atoms with E-state index in [4.69, 9.17) is 18.5 Å². The van der Waals surface area contributed by atoms with Crippen molar-refractivity contribution in [3.05, 3.63) is 182 Å². The Kier molecular flexibility index (Phi) is 53.3. The lowest BCUT2D eigenvalue weighted by atomic mass is 10.1. The number of rotatable bonds is 51. The van der Waals surface area contributed by atoms with E-state index in [0.717, 1.165) is 141 Å². The van der Waals surface area contributed by atoms with Gasteiger partial charge in [-0.05, 0) is 135 Å². The zero-order valence-electron chi connectivity index (χ0n) is 49.3. The first-order valence-corrected chi connectivity index (χ1v) is 31.0. The minimum Gasteiger partial charge on any atom is -0.756 e. The summed E-state index contributed by atoms with van der Waals surface area (Å²) in [7, 11) is 1.09. The highest BCUT2D eigenvalue weighted by Gasteiger charge is 2.21. The van der Waals surface area contributed by atoms with Crippen molar-refractivity contribution < 1.29 is 42.1 Å². The Morgan fingerprint density at radius 2 is 0.692 bits per heavy atom. The molecule has 0 fully saturated rings. The Balaban J connectivity index is 4.32. The van der Waals surface area contributed by atoms with Gasteiger partial charge in [0.2, 0.25) is 0 Å². The summed E-state index contributed by atoms with van der Waals surface area (Å²) < 4.78 is 34.1. The van der Waals surface area contributed by atoms with Crippen molar-refractivity contribution in [2.45, 2.75) is 187 Å². The second-order valence-corrected chi connectivity index (χ2v) is 21.3. The molecule has 2 unspecified atom stereocenters. The molecule has 0 rings (SSSR count). The Bertz CT molecular complexity index is 1970. The molecule has 0 saturated carbocycles. The number of hydrogen-bond acceptors (Lipinski definition) is 8. The second-order valence-electron chi connectivity index (χ2n) is 19.9. The molecular weight excluding hydrogens is 990 g/mol. The summed E-state index contributed by atoms with van der Waals surface area (Å²) in [6.45, 7) is 3.90. The Morgan fingerprint density at radius 3 is 1.03 bits per heavy atom. The topological polar surface area (TPSA) is 111 Å². The smallest absolute Gasteiger partial charge is 0.306 e. The van der Waals surface area contributed by atoms with Gasteiger partial charge in [-0.15, -0.1) is 0 Å². The third-order valence-electron chi connectivity index (χ3n) is 11.4. The molecule has 9 nitrogen and oxygen atoms in total. The van der Waals surface area contributed by atoms with Crippen molar-refractivity contribution in [1.29, 1.82) is 0 Å². The summed E-state index contributed by atoms with van der Waals surface area (Å²) in [5.74, 6) is -0.919. The van der Waals surface area contributed by atoms with Crippen LogP contribution in [0.2, 0.25) is 0 Å². The molecule has 0 heterocycles. The normalized spacial score (nSPS) is 14.6. The molecule has 0 aromatic rings. The van der Waals surface area contributed by atoms with Crippen LogP contribution in [0.3, 0.4) is 0 Å². The highest BCUT2D eigenvalue weighted by molar-refractivity contribution is 7.45. The number of unbranched alkanes of at least 4 members (excludes halogenated alkanes) is 7. The number of allylic oxidation sites excluding steroid dienone is 30. The molecule has 0 saturated heterocycles. The summed E-state index contributed by atoms with van der Waals surface area (Å²) in [4.78, 5) is 37.9. The molecule has 0 N–H and O–H groups in total. The molecule has 0 aliphatic heterocycles. The number of likely N-dealkylation sites (N-methyl/N-ethyl adjacent to an activating group) is 1. The van der Waals surface area contributed by atoms with Crippen LogP contribution in [0.5, 0.6) is 0 Å². The fourth-order valence-electron chi connectivity index (χ4n) is 6.94. The van der Waals surface area contributed by atoms with Gasteiger partial charge in [0.25, 0.3) is 7.82 Å². The molecule has 436 valence electrons. The Hall–Kier alpha value is -4.89. The molecule has 10 heteroatoms. The van der Waals surface area contributed by atoms with E-state index in [1.807, 2.05) is 21.1 Å². The van der Waals surface area contributed by atoms with Crippen LogP contribution in [-0.2, 0) is 32.7 Å². The SMILES string of the molecule is CC/C=C\C/C=C\C/C=C\C/C=C\C/C=C\C/C=C\C/C=C\C/C=C\C/C=C\C/C=C\CCCCCCC(=O)OC(COC(=O)CCCCC/C=C\C/C=C\C/C=C\C/C=C\C/C=C\CC)COP(=O)([O-])OCC[N+](C)(C)C. The third kappa shape index (κ3) is 60.3. The lowest BCUT2D eigenvalue weighted by molar-refractivity contribution is -0.870. The lowest BCUT2D eigenvalue weighted by Gasteiger charge is -2.28. The first kappa shape index (κ1) is 73.1. The molecule has 2 atom stereocenters. The number of hydrogen-bond donors (Lipinski definition) is 0. The van der Waals surface area contributed by atoms with Gasteiger partial charge < -0.3 is 27.9 Å². The molecule has 0 amide bonds. The van der Waals surface area contributed by atoms with Crippen LogP contribution in [0, 0.1) is 0 Å². The van der Waals surface area contributed by atoms with Crippen LogP contribution in [0.25, 0.3) is 0 Å². The maximum Gasteiger partial charge on any atom is 0.306 e. The second kappa shape index (κ2) is 56.8. The predicted molar refractivity (Wildman–Crippen MR) is 332 cm³/mol. The molecule has 0 aromatic heterocycles. The standard InChI is InChI=1S/C68H106NO8P/c1-6-8-10-12-14-16-18-20-22-24-26-27-28-29-30-31-32-33-34-35-36-37-38-39-40-41-43-45-47-49-51-53-55-57-59-61-68(71)77-66(65-76-78(72,73)75-63-62-69(3,4)5)64-74-67(70)60-58-56-54-52-50-48-46-44-42-25-23-21-19-17-15-13-11-9-7-2/h8-11,14-17,20-23,26-27,29-30,32-33,35-36,38-39,41-44,47-50,66H,6-7,12-13,18-19,24-25,28,31,34,37,40,45-46,51-65H2,1-5H3/b10-8-,11-9-,16-14-,17-15-,22-20-,23-21-,27-26-,30-29-,33-32-,36-35-,39-38-,43-41-,44-42-,49-47-,50-48-. The molecule has 0 aromatic carbocycles. The van der Waals surface area contributed by atoms with Crippen molar-refractivity contribution in [3.63, 3.8) is 0 Å². The minimum absolute atomic E-state index is 0.0533. The first-order valence-electron chi connectivity index (χ1n) is 29.5. The zero-order chi connectivity index (χ0) is 57.0. The van der Waals surface area contributed by atoms with Crippen LogP contribution in [0.4, 0.5) is 0 Å². The molecule has 0 aliphatic carbocycles. The Morgan fingerprint density at radius 1 is 0.397 bits per heavy atom. The number of nitrogens with zero attached hydrogens (tertiary/aromatic N) is 1. The van der Waals surface area contributed by atoms with Crippen LogP contribution in [0.15, 0.2) is 182 Å². The first-order chi connectivity index (χ1) is 38.0. The fourth-order valence-corrected chi connectivity index (χ4v) is 7.67. The summed E-state index contributed by atoms with van der Waals surface area (Å²) in [5, 5.41) is 0. The van der Waals surface area contributed by atoms with E-state index in [-0.39, 0.29) is 26.1 Å². The maximum absolute atomic E-state index is 12.8. The lowest BCUT2D eigenvalue weighted by Crippen LogP contribution is -2.37. The van der Waals surface area contributed by atoms with E-state index in [2.05, 4.69) is 196 Å². The van der Waals surface area contributed by atoms with Gasteiger partial charge in [0.15, 0.2) is 6.10 Å². The van der Waals surface area contributed by atoms with Gasteiger partial charge in [0.1, 0.15) is 19.8 Å². The molecule has 78 heavy (non-hydrogen) atoms. The number of esters is 2. The quantitative estimate of drug-likeness (QED) is 0.0195. The molecule has 0 radical (unpaired) electrons. The average molecular weight is 1100 g/mol. The molecule has 0 bridgehead atoms. The van der Waals surface area contributed by atoms with Gasteiger partial charge in [-0.2, -0.15) is 0 Å². The van der Waals surface area contributed by atoms with Gasteiger partial charge in [0.05, 0.1) is 27.7 Å². The number of ether oxygens (including phenoxy) is 2. The van der Waals surface area contributed by atoms with Gasteiger partial charge >= 0.3 is 11.9 Å². The minimum atomic E-state index is -4.67. The maximum atomic E-state index is 12.8. The highest BCUT2D eigenvalue weighted by atomic mass is 31.2.